The van der Waals surface area contributed by atoms with Gasteiger partial charge in [0.1, 0.15) is 0 Å². The fourth-order valence-electron chi connectivity index (χ4n) is 2.54. The lowest BCUT2D eigenvalue weighted by atomic mass is 10.1. The average Bonchev–Trinajstić information content (AvgIpc) is 2.86. The molecule has 0 aliphatic heterocycles. The summed E-state index contributed by atoms with van der Waals surface area (Å²) in [5.41, 5.74) is 8.84. The summed E-state index contributed by atoms with van der Waals surface area (Å²) in [5.74, 6) is -0.532. The van der Waals surface area contributed by atoms with Crippen LogP contribution >= 0.6 is 0 Å². The van der Waals surface area contributed by atoms with Crippen molar-refractivity contribution in [1.82, 2.24) is 4.57 Å². The molecular weight excluding hydrogens is 240 g/mol. The molecule has 1 heterocycles. The van der Waals surface area contributed by atoms with Gasteiger partial charge in [-0.25, -0.2) is 0 Å². The first kappa shape index (κ1) is 11.7. The molecule has 1 aliphatic carbocycles. The molecule has 1 aromatic carbocycles. The second kappa shape index (κ2) is 4.39. The average molecular weight is 254 g/mol. The predicted octanol–water partition coefficient (Wildman–Crippen LogP) is 1.43. The standard InChI is InChI=1S/C15H14N2O2/c16-15(19)12-5-7-14(18)17(9-12)13-6-4-10-2-1-3-11(10)8-13/h4-9H,1-3H2,(H2,16,19). The summed E-state index contributed by atoms with van der Waals surface area (Å²) in [4.78, 5) is 23.1. The van der Waals surface area contributed by atoms with Gasteiger partial charge in [-0.2, -0.15) is 0 Å². The summed E-state index contributed by atoms with van der Waals surface area (Å²) >= 11 is 0. The van der Waals surface area contributed by atoms with Crippen LogP contribution in [0.15, 0.2) is 41.3 Å². The Balaban J connectivity index is 2.13. The molecule has 2 aromatic rings. The number of hydrogen-bond acceptors (Lipinski definition) is 2. The van der Waals surface area contributed by atoms with E-state index < -0.39 is 5.91 Å². The van der Waals surface area contributed by atoms with E-state index in [4.69, 9.17) is 5.73 Å². The molecule has 0 atom stereocenters. The van der Waals surface area contributed by atoms with Crippen LogP contribution in [0.1, 0.15) is 27.9 Å². The third kappa shape index (κ3) is 2.05. The lowest BCUT2D eigenvalue weighted by molar-refractivity contribution is 0.0999. The van der Waals surface area contributed by atoms with E-state index in [1.54, 1.807) is 0 Å². The van der Waals surface area contributed by atoms with Crippen molar-refractivity contribution in [3.63, 3.8) is 0 Å². The number of aryl methyl sites for hydroxylation is 2. The zero-order chi connectivity index (χ0) is 13.4. The summed E-state index contributed by atoms with van der Waals surface area (Å²) in [5, 5.41) is 0. The van der Waals surface area contributed by atoms with E-state index in [-0.39, 0.29) is 5.56 Å². The zero-order valence-electron chi connectivity index (χ0n) is 10.4. The maximum absolute atomic E-state index is 11.9. The molecule has 0 radical (unpaired) electrons. The Morgan fingerprint density at radius 1 is 1.11 bits per heavy atom. The van der Waals surface area contributed by atoms with E-state index in [1.807, 2.05) is 12.1 Å². The monoisotopic (exact) mass is 254 g/mol. The molecule has 1 amide bonds. The molecule has 1 aliphatic rings. The van der Waals surface area contributed by atoms with Crippen molar-refractivity contribution in [2.24, 2.45) is 5.73 Å². The summed E-state index contributed by atoms with van der Waals surface area (Å²) in [6.07, 6.45) is 4.82. The Kier molecular flexibility index (Phi) is 2.71. The third-order valence-corrected chi connectivity index (χ3v) is 3.56. The van der Waals surface area contributed by atoms with Crippen molar-refractivity contribution < 1.29 is 4.79 Å². The van der Waals surface area contributed by atoms with E-state index in [1.165, 1.54) is 34.0 Å². The number of amides is 1. The lowest BCUT2D eigenvalue weighted by Crippen LogP contribution is -2.21. The minimum Gasteiger partial charge on any atom is -0.366 e. The SMILES string of the molecule is NC(=O)c1ccc(=O)n(-c2ccc3c(c2)CCC3)c1. The second-order valence-electron chi connectivity index (χ2n) is 4.80. The molecule has 0 bridgehead atoms. The number of carbonyl (C=O) groups is 1. The van der Waals surface area contributed by atoms with Crippen molar-refractivity contribution in [2.75, 3.05) is 0 Å². The van der Waals surface area contributed by atoms with Gasteiger partial charge in [0.25, 0.3) is 5.56 Å². The highest BCUT2D eigenvalue weighted by Crippen LogP contribution is 2.23. The molecule has 19 heavy (non-hydrogen) atoms. The minimum atomic E-state index is -0.532. The first-order chi connectivity index (χ1) is 9.15. The lowest BCUT2D eigenvalue weighted by Gasteiger charge is -2.09. The van der Waals surface area contributed by atoms with E-state index in [9.17, 15) is 9.59 Å². The molecule has 4 heteroatoms. The molecule has 96 valence electrons. The van der Waals surface area contributed by atoms with Crippen LogP contribution in [0.3, 0.4) is 0 Å². The largest absolute Gasteiger partial charge is 0.366 e. The number of hydrogen-bond donors (Lipinski definition) is 1. The van der Waals surface area contributed by atoms with Crippen molar-refractivity contribution in [3.8, 4) is 5.69 Å². The van der Waals surface area contributed by atoms with Gasteiger partial charge in [-0.05, 0) is 48.6 Å². The number of benzene rings is 1. The molecule has 0 fully saturated rings. The highest BCUT2D eigenvalue weighted by molar-refractivity contribution is 5.92. The highest BCUT2D eigenvalue weighted by Gasteiger charge is 2.12. The van der Waals surface area contributed by atoms with Crippen LogP contribution < -0.4 is 11.3 Å². The maximum atomic E-state index is 11.9. The Labute approximate surface area is 110 Å². The topological polar surface area (TPSA) is 65.1 Å². The maximum Gasteiger partial charge on any atom is 0.255 e. The summed E-state index contributed by atoms with van der Waals surface area (Å²) in [6.45, 7) is 0. The van der Waals surface area contributed by atoms with Gasteiger partial charge >= 0.3 is 0 Å². The number of nitrogens with zero attached hydrogens (tertiary/aromatic N) is 1. The van der Waals surface area contributed by atoms with Crippen molar-refractivity contribution >= 4 is 5.91 Å². The fraction of sp³-hybridized carbons (Fsp3) is 0.200. The van der Waals surface area contributed by atoms with Crippen LogP contribution in [0.5, 0.6) is 0 Å². The van der Waals surface area contributed by atoms with E-state index in [0.29, 0.717) is 5.56 Å². The Bertz CT molecular complexity index is 716. The first-order valence-corrected chi connectivity index (χ1v) is 6.30. The quantitative estimate of drug-likeness (QED) is 0.881. The molecule has 0 unspecified atom stereocenters. The molecule has 0 saturated carbocycles. The number of nitrogens with two attached hydrogens (primary N) is 1. The van der Waals surface area contributed by atoms with Gasteiger partial charge in [0.05, 0.1) is 5.56 Å². The number of carbonyl (C=O) groups excluding carboxylic acids is 1. The van der Waals surface area contributed by atoms with Crippen LogP contribution in [0.4, 0.5) is 0 Å². The van der Waals surface area contributed by atoms with E-state index >= 15 is 0 Å². The van der Waals surface area contributed by atoms with E-state index in [0.717, 1.165) is 24.9 Å². The van der Waals surface area contributed by atoms with Gasteiger partial charge in [0.15, 0.2) is 0 Å². The van der Waals surface area contributed by atoms with Gasteiger partial charge in [-0.1, -0.05) is 6.07 Å². The third-order valence-electron chi connectivity index (χ3n) is 3.56. The van der Waals surface area contributed by atoms with Crippen molar-refractivity contribution in [1.29, 1.82) is 0 Å². The van der Waals surface area contributed by atoms with Gasteiger partial charge in [-0.15, -0.1) is 0 Å². The normalized spacial score (nSPS) is 13.3. The Morgan fingerprint density at radius 3 is 2.68 bits per heavy atom. The van der Waals surface area contributed by atoms with Crippen molar-refractivity contribution in [2.45, 2.75) is 19.3 Å². The molecular formula is C15H14N2O2. The summed E-state index contributed by atoms with van der Waals surface area (Å²) in [7, 11) is 0. The van der Waals surface area contributed by atoms with E-state index in [2.05, 4.69) is 6.07 Å². The van der Waals surface area contributed by atoms with Gasteiger partial charge in [0.2, 0.25) is 5.91 Å². The fourth-order valence-corrected chi connectivity index (χ4v) is 2.54. The predicted molar refractivity (Wildman–Crippen MR) is 72.6 cm³/mol. The van der Waals surface area contributed by atoms with Gasteiger partial charge in [0, 0.05) is 18.0 Å². The van der Waals surface area contributed by atoms with Crippen LogP contribution in [-0.2, 0) is 12.8 Å². The highest BCUT2D eigenvalue weighted by atomic mass is 16.1. The molecule has 3 rings (SSSR count). The number of fused-ring (bicyclic) bond motifs is 1. The Hall–Kier alpha value is -2.36. The summed E-state index contributed by atoms with van der Waals surface area (Å²) < 4.78 is 1.47. The molecule has 4 nitrogen and oxygen atoms in total. The summed E-state index contributed by atoms with van der Waals surface area (Å²) in [6, 6.07) is 8.81. The van der Waals surface area contributed by atoms with Crippen LogP contribution in [0.2, 0.25) is 0 Å². The zero-order valence-corrected chi connectivity index (χ0v) is 10.4. The van der Waals surface area contributed by atoms with Crippen molar-refractivity contribution in [3.05, 3.63) is 63.6 Å². The molecule has 0 spiro atoms. The van der Waals surface area contributed by atoms with Crippen LogP contribution in [0.25, 0.3) is 5.69 Å². The number of rotatable bonds is 2. The minimum absolute atomic E-state index is 0.164. The van der Waals surface area contributed by atoms with Gasteiger partial charge in [-0.3, -0.25) is 14.2 Å². The molecule has 1 aromatic heterocycles. The number of pyridine rings is 1. The second-order valence-corrected chi connectivity index (χ2v) is 4.80. The number of aromatic nitrogens is 1. The molecule has 2 N–H and O–H groups in total. The number of primary amides is 1. The molecule has 0 saturated heterocycles. The smallest absolute Gasteiger partial charge is 0.255 e. The van der Waals surface area contributed by atoms with Crippen LogP contribution in [-0.4, -0.2) is 10.5 Å². The first-order valence-electron chi connectivity index (χ1n) is 6.30. The Morgan fingerprint density at radius 2 is 1.89 bits per heavy atom. The van der Waals surface area contributed by atoms with Crippen LogP contribution in [0, 0.1) is 0 Å². The van der Waals surface area contributed by atoms with Gasteiger partial charge < -0.3 is 5.73 Å².